The summed E-state index contributed by atoms with van der Waals surface area (Å²) in [6, 6.07) is 17.0. The number of amides is 1. The molecular formula is C22H22N2O3. The molecule has 0 bridgehead atoms. The van der Waals surface area contributed by atoms with Crippen LogP contribution in [0, 0.1) is 0 Å². The molecule has 3 rings (SSSR count). The molecule has 2 aromatic carbocycles. The predicted molar refractivity (Wildman–Crippen MR) is 106 cm³/mol. The highest BCUT2D eigenvalue weighted by molar-refractivity contribution is 5.95. The quantitative estimate of drug-likeness (QED) is 0.594. The number of hydrogen-bond acceptors (Lipinski definition) is 4. The second-order valence-electron chi connectivity index (χ2n) is 6.02. The number of ether oxygens (including phenoxy) is 2. The smallest absolute Gasteiger partial charge is 0.273 e. The van der Waals surface area contributed by atoms with Crippen LogP contribution in [0.4, 0.5) is 0 Å². The van der Waals surface area contributed by atoms with E-state index >= 15 is 0 Å². The van der Waals surface area contributed by atoms with Gasteiger partial charge in [0.2, 0.25) is 0 Å². The number of carbonyl (C=O) groups excluding carboxylic acids is 1. The zero-order valence-electron chi connectivity index (χ0n) is 15.5. The van der Waals surface area contributed by atoms with Crippen molar-refractivity contribution in [3.8, 4) is 11.5 Å². The topological polar surface area (TPSA) is 51.7 Å². The van der Waals surface area contributed by atoms with Crippen LogP contribution in [-0.4, -0.2) is 36.6 Å². The van der Waals surface area contributed by atoms with E-state index in [9.17, 15) is 4.79 Å². The summed E-state index contributed by atoms with van der Waals surface area (Å²) >= 11 is 0. The van der Waals surface area contributed by atoms with Crippen LogP contribution in [0.1, 0.15) is 16.1 Å². The van der Waals surface area contributed by atoms with Gasteiger partial charge in [-0.2, -0.15) is 0 Å². The Morgan fingerprint density at radius 3 is 2.63 bits per heavy atom. The van der Waals surface area contributed by atoms with Crippen LogP contribution in [-0.2, 0) is 6.54 Å². The molecule has 0 aliphatic heterocycles. The molecule has 0 radical (unpaired) electrons. The average molecular weight is 362 g/mol. The standard InChI is InChI=1S/C22H22N2O3/c1-4-14-24(15-17-9-7-11-20(26-2)21(17)27-3)22(25)19-13-12-16-8-5-6-10-18(16)23-19/h4-13H,1,14-15H2,2-3H3. The van der Waals surface area contributed by atoms with Crippen LogP contribution < -0.4 is 9.47 Å². The monoisotopic (exact) mass is 362 g/mol. The van der Waals surface area contributed by atoms with Gasteiger partial charge in [0.15, 0.2) is 11.5 Å². The van der Waals surface area contributed by atoms with E-state index in [1.807, 2.05) is 48.5 Å². The minimum atomic E-state index is -0.162. The maximum Gasteiger partial charge on any atom is 0.273 e. The number of carbonyl (C=O) groups is 1. The van der Waals surface area contributed by atoms with Crippen molar-refractivity contribution >= 4 is 16.8 Å². The highest BCUT2D eigenvalue weighted by Crippen LogP contribution is 2.31. The summed E-state index contributed by atoms with van der Waals surface area (Å²) in [5, 5.41) is 0.999. The van der Waals surface area contributed by atoms with Gasteiger partial charge in [-0.15, -0.1) is 6.58 Å². The van der Waals surface area contributed by atoms with Gasteiger partial charge in [-0.25, -0.2) is 4.98 Å². The van der Waals surface area contributed by atoms with Crippen LogP contribution >= 0.6 is 0 Å². The summed E-state index contributed by atoms with van der Waals surface area (Å²) < 4.78 is 10.8. The first-order chi connectivity index (χ1) is 13.2. The van der Waals surface area contributed by atoms with Crippen LogP contribution in [0.25, 0.3) is 10.9 Å². The lowest BCUT2D eigenvalue weighted by atomic mass is 10.1. The Balaban J connectivity index is 1.93. The Kier molecular flexibility index (Phi) is 5.71. The van der Waals surface area contributed by atoms with E-state index in [-0.39, 0.29) is 5.91 Å². The number of fused-ring (bicyclic) bond motifs is 1. The van der Waals surface area contributed by atoms with E-state index in [1.54, 1.807) is 31.3 Å². The van der Waals surface area contributed by atoms with Gasteiger partial charge >= 0.3 is 0 Å². The molecule has 0 fully saturated rings. The molecule has 3 aromatic rings. The van der Waals surface area contributed by atoms with E-state index in [0.29, 0.717) is 30.3 Å². The lowest BCUT2D eigenvalue weighted by Crippen LogP contribution is -2.31. The number of rotatable bonds is 7. The second kappa shape index (κ2) is 8.36. The maximum absolute atomic E-state index is 13.1. The van der Waals surface area contributed by atoms with Crippen molar-refractivity contribution in [2.75, 3.05) is 20.8 Å². The van der Waals surface area contributed by atoms with Gasteiger partial charge in [-0.3, -0.25) is 4.79 Å². The van der Waals surface area contributed by atoms with Gasteiger partial charge in [0, 0.05) is 17.5 Å². The zero-order chi connectivity index (χ0) is 19.2. The van der Waals surface area contributed by atoms with Crippen molar-refractivity contribution in [3.63, 3.8) is 0 Å². The molecule has 0 saturated carbocycles. The number of benzene rings is 2. The van der Waals surface area contributed by atoms with Crippen LogP contribution in [0.3, 0.4) is 0 Å². The van der Waals surface area contributed by atoms with Crippen LogP contribution in [0.5, 0.6) is 11.5 Å². The van der Waals surface area contributed by atoms with Crippen molar-refractivity contribution in [2.45, 2.75) is 6.54 Å². The molecule has 0 saturated heterocycles. The molecule has 0 aliphatic rings. The van der Waals surface area contributed by atoms with Crippen molar-refractivity contribution < 1.29 is 14.3 Å². The average Bonchev–Trinajstić information content (AvgIpc) is 2.72. The summed E-state index contributed by atoms with van der Waals surface area (Å²) in [7, 11) is 3.18. The van der Waals surface area contributed by atoms with Gasteiger partial charge in [0.05, 0.1) is 26.3 Å². The van der Waals surface area contributed by atoms with E-state index in [0.717, 1.165) is 16.5 Å². The SMILES string of the molecule is C=CCN(Cc1cccc(OC)c1OC)C(=O)c1ccc2ccccc2n1. The van der Waals surface area contributed by atoms with Gasteiger partial charge < -0.3 is 14.4 Å². The highest BCUT2D eigenvalue weighted by Gasteiger charge is 2.19. The van der Waals surface area contributed by atoms with E-state index in [1.165, 1.54) is 0 Å². The van der Waals surface area contributed by atoms with Gasteiger partial charge in [0.1, 0.15) is 5.69 Å². The third-order valence-corrected chi connectivity index (χ3v) is 4.30. The Morgan fingerprint density at radius 1 is 1.07 bits per heavy atom. The molecule has 1 amide bonds. The Labute approximate surface area is 158 Å². The third kappa shape index (κ3) is 3.92. The maximum atomic E-state index is 13.1. The molecule has 138 valence electrons. The van der Waals surface area contributed by atoms with Gasteiger partial charge in [0.25, 0.3) is 5.91 Å². The van der Waals surface area contributed by atoms with Gasteiger partial charge in [-0.05, 0) is 18.2 Å². The fourth-order valence-electron chi connectivity index (χ4n) is 3.01. The Hall–Kier alpha value is -3.34. The fourth-order valence-corrected chi connectivity index (χ4v) is 3.01. The Morgan fingerprint density at radius 2 is 1.89 bits per heavy atom. The number of aromatic nitrogens is 1. The fraction of sp³-hybridized carbons (Fsp3) is 0.182. The number of methoxy groups -OCH3 is 2. The first-order valence-corrected chi connectivity index (χ1v) is 8.63. The molecule has 27 heavy (non-hydrogen) atoms. The zero-order valence-corrected chi connectivity index (χ0v) is 15.5. The van der Waals surface area contributed by atoms with Crippen molar-refractivity contribution in [1.82, 2.24) is 9.88 Å². The van der Waals surface area contributed by atoms with Crippen LogP contribution in [0.15, 0.2) is 67.3 Å². The van der Waals surface area contributed by atoms with Crippen molar-refractivity contribution in [2.24, 2.45) is 0 Å². The van der Waals surface area contributed by atoms with Crippen LogP contribution in [0.2, 0.25) is 0 Å². The molecule has 1 aromatic heterocycles. The van der Waals surface area contributed by atoms with Crippen molar-refractivity contribution in [1.29, 1.82) is 0 Å². The summed E-state index contributed by atoms with van der Waals surface area (Å²) in [6.45, 7) is 4.53. The number of para-hydroxylation sites is 2. The van der Waals surface area contributed by atoms with E-state index in [4.69, 9.17) is 9.47 Å². The third-order valence-electron chi connectivity index (χ3n) is 4.30. The summed E-state index contributed by atoms with van der Waals surface area (Å²) in [5.74, 6) is 1.09. The number of hydrogen-bond donors (Lipinski definition) is 0. The molecule has 1 heterocycles. The van der Waals surface area contributed by atoms with E-state index < -0.39 is 0 Å². The lowest BCUT2D eigenvalue weighted by molar-refractivity contribution is 0.0756. The molecule has 5 heteroatoms. The van der Waals surface area contributed by atoms with Gasteiger partial charge in [-0.1, -0.05) is 42.5 Å². The minimum Gasteiger partial charge on any atom is -0.493 e. The lowest BCUT2D eigenvalue weighted by Gasteiger charge is -2.23. The normalized spacial score (nSPS) is 10.4. The molecule has 0 N–H and O–H groups in total. The number of nitrogens with zero attached hydrogens (tertiary/aromatic N) is 2. The molecule has 0 unspecified atom stereocenters. The first kappa shape index (κ1) is 18.5. The van der Waals surface area contributed by atoms with E-state index in [2.05, 4.69) is 11.6 Å². The molecule has 0 spiro atoms. The predicted octanol–water partition coefficient (Wildman–Crippen LogP) is 4.08. The largest absolute Gasteiger partial charge is 0.493 e. The molecule has 0 atom stereocenters. The van der Waals surface area contributed by atoms with Crippen molar-refractivity contribution in [3.05, 3.63) is 78.5 Å². The Bertz CT molecular complexity index is 969. The minimum absolute atomic E-state index is 0.162. The molecule has 0 aliphatic carbocycles. The summed E-state index contributed by atoms with van der Waals surface area (Å²) in [6.07, 6.45) is 1.70. The molecule has 5 nitrogen and oxygen atoms in total. The summed E-state index contributed by atoms with van der Waals surface area (Å²) in [4.78, 5) is 19.3. The first-order valence-electron chi connectivity index (χ1n) is 8.63. The molecular weight excluding hydrogens is 340 g/mol. The highest BCUT2D eigenvalue weighted by atomic mass is 16.5. The second-order valence-corrected chi connectivity index (χ2v) is 6.02. The number of pyridine rings is 1. The summed E-state index contributed by atoms with van der Waals surface area (Å²) in [5.41, 5.74) is 2.05.